The van der Waals surface area contributed by atoms with Crippen molar-refractivity contribution in [1.82, 2.24) is 5.01 Å². The lowest BCUT2D eigenvalue weighted by Gasteiger charge is -2.50. The number of carbonyl (C=O) groups excluding carboxylic acids is 4. The summed E-state index contributed by atoms with van der Waals surface area (Å²) < 4.78 is 95.8. The van der Waals surface area contributed by atoms with Crippen molar-refractivity contribution >= 4 is 58.2 Å². The molecule has 66 heavy (non-hydrogen) atoms. The van der Waals surface area contributed by atoms with E-state index in [4.69, 9.17) is 32.7 Å². The number of anilines is 2. The molecule has 2 heterocycles. The molecule has 2 saturated heterocycles. The van der Waals surface area contributed by atoms with Crippen LogP contribution in [0.15, 0.2) is 121 Å². The first-order valence-electron chi connectivity index (χ1n) is 20.4. The standard InChI is InChI=1S/C48H35Cl2F6N3O7/c1-65-30-10-7-25(8-11-30)46-36(43(62)59(45(46)64)57-38-16-9-28(49)20-37(38)50)22-35-32(41(46)33-13-12-31(21-39(33)60)66-23-24-5-3-2-4-6-24)14-15-34-40(35)44(63)58(42(34)61)29-18-26(47(51,52)53)17-27(19-29)48(54,55)56/h2-14,16-21,34-36,40-41,57,60H,15,22-23H2,1H3. The Kier molecular flexibility index (Phi) is 11.1. The smallest absolute Gasteiger partial charge is 0.416 e. The van der Waals surface area contributed by atoms with Crippen LogP contribution in [-0.4, -0.2) is 40.9 Å². The molecule has 0 aromatic heterocycles. The molecule has 18 heteroatoms. The molecule has 0 spiro atoms. The van der Waals surface area contributed by atoms with E-state index in [0.29, 0.717) is 33.9 Å². The van der Waals surface area contributed by atoms with Gasteiger partial charge < -0.3 is 14.6 Å². The molecule has 0 radical (unpaired) electrons. The van der Waals surface area contributed by atoms with Crippen LogP contribution in [0.4, 0.5) is 37.7 Å². The Morgan fingerprint density at radius 3 is 2.06 bits per heavy atom. The third kappa shape index (κ3) is 7.39. The summed E-state index contributed by atoms with van der Waals surface area (Å²) in [4.78, 5) is 60.0. The molecule has 2 aliphatic heterocycles. The van der Waals surface area contributed by atoms with Gasteiger partial charge in [0.1, 0.15) is 23.9 Å². The number of alkyl halides is 6. The van der Waals surface area contributed by atoms with Gasteiger partial charge in [0.25, 0.3) is 11.8 Å². The molecule has 1 saturated carbocycles. The molecule has 4 amide bonds. The van der Waals surface area contributed by atoms with Crippen LogP contribution in [-0.2, 0) is 43.6 Å². The lowest BCUT2D eigenvalue weighted by molar-refractivity contribution is -0.143. The minimum absolute atomic E-state index is 0.0504. The van der Waals surface area contributed by atoms with Crippen LogP contribution in [0.2, 0.25) is 10.0 Å². The van der Waals surface area contributed by atoms with Gasteiger partial charge in [-0.15, -0.1) is 0 Å². The van der Waals surface area contributed by atoms with Crippen molar-refractivity contribution in [1.29, 1.82) is 0 Å². The molecule has 5 aromatic carbocycles. The van der Waals surface area contributed by atoms with E-state index in [1.54, 1.807) is 36.4 Å². The maximum atomic E-state index is 15.6. The van der Waals surface area contributed by atoms with E-state index >= 15 is 9.59 Å². The first-order valence-corrected chi connectivity index (χ1v) is 21.2. The van der Waals surface area contributed by atoms with Crippen molar-refractivity contribution in [2.45, 2.75) is 43.1 Å². The molecule has 5 aromatic rings. The Labute approximate surface area is 382 Å². The number of imide groups is 2. The molecule has 6 atom stereocenters. The summed E-state index contributed by atoms with van der Waals surface area (Å²) in [5, 5.41) is 13.2. The number of nitrogens with zero attached hydrogens (tertiary/aromatic N) is 2. The topological polar surface area (TPSA) is 125 Å². The van der Waals surface area contributed by atoms with Crippen LogP contribution in [0.5, 0.6) is 17.2 Å². The third-order valence-corrected chi connectivity index (χ3v) is 13.5. The Morgan fingerprint density at radius 2 is 1.44 bits per heavy atom. The summed E-state index contributed by atoms with van der Waals surface area (Å²) in [5.41, 5.74) is -1.73. The number of allylic oxidation sites excluding steroid dienone is 2. The van der Waals surface area contributed by atoms with E-state index in [-0.39, 0.29) is 58.3 Å². The minimum atomic E-state index is -5.28. The molecule has 10 nitrogen and oxygen atoms in total. The number of methoxy groups -OCH3 is 1. The van der Waals surface area contributed by atoms with Gasteiger partial charge in [0, 0.05) is 22.6 Å². The summed E-state index contributed by atoms with van der Waals surface area (Å²) >= 11 is 12.7. The predicted molar refractivity (Wildman–Crippen MR) is 228 cm³/mol. The molecule has 0 bridgehead atoms. The molecule has 6 unspecified atom stereocenters. The Balaban J connectivity index is 1.21. The molecule has 2 aliphatic carbocycles. The molecule has 3 fully saturated rings. The van der Waals surface area contributed by atoms with Crippen LogP contribution in [0.1, 0.15) is 46.6 Å². The zero-order chi connectivity index (χ0) is 47.0. The lowest BCUT2D eigenvalue weighted by atomic mass is 9.49. The number of benzene rings is 5. The van der Waals surface area contributed by atoms with Crippen molar-refractivity contribution in [3.8, 4) is 17.2 Å². The van der Waals surface area contributed by atoms with Gasteiger partial charge in [0.2, 0.25) is 11.8 Å². The number of phenols is 1. The van der Waals surface area contributed by atoms with Gasteiger partial charge in [0.05, 0.1) is 57.8 Å². The average Bonchev–Trinajstić information content (AvgIpc) is 3.66. The maximum absolute atomic E-state index is 15.6. The summed E-state index contributed by atoms with van der Waals surface area (Å²) in [6.45, 7) is 0.126. The fourth-order valence-electron chi connectivity index (χ4n) is 10.1. The number of hydrogen-bond donors (Lipinski definition) is 2. The first kappa shape index (κ1) is 44.7. The minimum Gasteiger partial charge on any atom is -0.508 e. The van der Waals surface area contributed by atoms with Crippen LogP contribution in [0.25, 0.3) is 0 Å². The summed E-state index contributed by atoms with van der Waals surface area (Å²) in [5.74, 6) is -9.89. The third-order valence-electron chi connectivity index (χ3n) is 13.0. The number of amides is 4. The molecule has 4 aliphatic rings. The van der Waals surface area contributed by atoms with E-state index in [1.165, 1.54) is 37.4 Å². The van der Waals surface area contributed by atoms with Gasteiger partial charge in [-0.05, 0) is 84.5 Å². The van der Waals surface area contributed by atoms with Gasteiger partial charge in [0.15, 0.2) is 0 Å². The van der Waals surface area contributed by atoms with E-state index in [9.17, 15) is 41.0 Å². The Bertz CT molecular complexity index is 2810. The largest absolute Gasteiger partial charge is 0.508 e. The normalized spacial score (nSPS) is 23.9. The summed E-state index contributed by atoms with van der Waals surface area (Å²) in [7, 11) is 1.44. The van der Waals surface area contributed by atoms with Crippen molar-refractivity contribution in [3.05, 3.63) is 159 Å². The summed E-state index contributed by atoms with van der Waals surface area (Å²) in [6, 6.07) is 24.8. The zero-order valence-electron chi connectivity index (χ0n) is 34.3. The number of phenolic OH excluding ortho intramolecular Hbond substituents is 1. The van der Waals surface area contributed by atoms with Gasteiger partial charge >= 0.3 is 12.4 Å². The number of nitrogens with one attached hydrogen (secondary N) is 1. The van der Waals surface area contributed by atoms with Gasteiger partial charge in [-0.25, -0.2) is 4.90 Å². The number of fused-ring (bicyclic) bond motifs is 4. The Hall–Kier alpha value is -6.52. The second-order valence-corrected chi connectivity index (χ2v) is 17.3. The second kappa shape index (κ2) is 16.4. The average molecular weight is 951 g/mol. The Morgan fingerprint density at radius 1 is 0.773 bits per heavy atom. The van der Waals surface area contributed by atoms with Gasteiger partial charge in [-0.2, -0.15) is 31.4 Å². The quantitative estimate of drug-likeness (QED) is 0.0850. The van der Waals surface area contributed by atoms with Crippen LogP contribution in [0.3, 0.4) is 0 Å². The van der Waals surface area contributed by atoms with E-state index in [0.717, 1.165) is 10.6 Å². The van der Waals surface area contributed by atoms with Crippen molar-refractivity contribution in [2.75, 3.05) is 17.4 Å². The van der Waals surface area contributed by atoms with E-state index in [2.05, 4.69) is 5.43 Å². The highest BCUT2D eigenvalue weighted by atomic mass is 35.5. The van der Waals surface area contributed by atoms with E-state index < -0.39 is 87.8 Å². The highest BCUT2D eigenvalue weighted by Gasteiger charge is 2.71. The van der Waals surface area contributed by atoms with Crippen molar-refractivity contribution < 1.29 is 60.1 Å². The van der Waals surface area contributed by atoms with Crippen LogP contribution in [0, 0.1) is 23.7 Å². The lowest BCUT2D eigenvalue weighted by Crippen LogP contribution is -2.53. The van der Waals surface area contributed by atoms with Crippen LogP contribution >= 0.6 is 23.2 Å². The van der Waals surface area contributed by atoms with Crippen molar-refractivity contribution in [3.63, 3.8) is 0 Å². The van der Waals surface area contributed by atoms with Gasteiger partial charge in [-0.1, -0.05) is 83.4 Å². The van der Waals surface area contributed by atoms with Crippen LogP contribution < -0.4 is 19.8 Å². The van der Waals surface area contributed by atoms with Gasteiger partial charge in [-0.3, -0.25) is 24.6 Å². The second-order valence-electron chi connectivity index (χ2n) is 16.5. The van der Waals surface area contributed by atoms with Crippen molar-refractivity contribution in [2.24, 2.45) is 23.7 Å². The molecule has 340 valence electrons. The zero-order valence-corrected chi connectivity index (χ0v) is 35.8. The molecular weight excluding hydrogens is 915 g/mol. The monoisotopic (exact) mass is 949 g/mol. The molecule has 9 rings (SSSR count). The number of hydrazine groups is 1. The fraction of sp³-hybridized carbons (Fsp3) is 0.250. The maximum Gasteiger partial charge on any atom is 0.416 e. The summed E-state index contributed by atoms with van der Waals surface area (Å²) in [6.07, 6.45) is -9.47. The predicted octanol–water partition coefficient (Wildman–Crippen LogP) is 10.5. The number of ether oxygens (including phenoxy) is 2. The highest BCUT2D eigenvalue weighted by molar-refractivity contribution is 6.36. The number of carbonyl (C=O) groups is 4. The number of rotatable bonds is 9. The molecular formula is C48H35Cl2F6N3O7. The fourth-order valence-corrected chi connectivity index (χ4v) is 10.6. The number of aromatic hydroxyl groups is 1. The first-order chi connectivity index (χ1) is 31.3. The SMILES string of the molecule is COc1ccc(C23C(=O)N(Nc4ccc(Cl)cc4Cl)C(=O)C2CC2C(=CCC4C(=O)N(c5cc(C(F)(F)F)cc(C(F)(F)F)c5)C(=O)C42)C3c2ccc(OCc3ccccc3)cc2O)cc1. The molecule has 2 N–H and O–H groups in total. The van der Waals surface area contributed by atoms with E-state index in [1.807, 2.05) is 30.3 Å². The number of halogens is 8. The highest BCUT2D eigenvalue weighted by Crippen LogP contribution is 2.65. The number of hydrogen-bond acceptors (Lipinski definition) is 8.